The first-order valence-electron chi connectivity index (χ1n) is 11.8. The highest BCUT2D eigenvalue weighted by atomic mass is 16.7. The van der Waals surface area contributed by atoms with Crippen LogP contribution in [0.3, 0.4) is 0 Å². The zero-order valence-corrected chi connectivity index (χ0v) is 20.1. The Hall–Kier alpha value is -1.32. The largest absolute Gasteiger partial charge is 0.481 e. The van der Waals surface area contributed by atoms with Crippen LogP contribution in [0.5, 0.6) is 0 Å². The molecule has 0 aromatic carbocycles. The standard InChI is InChI=1S/C22H42BN5O3/c1-13(2)10-18(28-19(29)15(24)8-7-9-27-20(25)26-6)23-30-17-12-14-11-16(21(14,3)4)22(17,5)31-23/h13-18H,7-12,24H2,1-6H3,(H,28,29)(H3,25,26,27)/t14-,15-,16-,17+,18-,22-/m0/s1. The van der Waals surface area contributed by atoms with Crippen LogP contribution in [0, 0.1) is 23.2 Å². The minimum atomic E-state index is -0.581. The van der Waals surface area contributed by atoms with Crippen molar-refractivity contribution in [2.75, 3.05) is 13.6 Å². The maximum Gasteiger partial charge on any atom is 0.481 e. The van der Waals surface area contributed by atoms with Gasteiger partial charge in [-0.15, -0.1) is 0 Å². The van der Waals surface area contributed by atoms with Crippen molar-refractivity contribution in [3.63, 3.8) is 0 Å². The predicted octanol–water partition coefficient (Wildman–Crippen LogP) is 1.43. The van der Waals surface area contributed by atoms with Crippen molar-refractivity contribution in [2.45, 2.75) is 90.4 Å². The van der Waals surface area contributed by atoms with E-state index in [0.29, 0.717) is 42.1 Å². The van der Waals surface area contributed by atoms with Gasteiger partial charge in [-0.25, -0.2) is 0 Å². The number of nitrogens with zero attached hydrogens (tertiary/aromatic N) is 1. The Morgan fingerprint density at radius 2 is 2.00 bits per heavy atom. The van der Waals surface area contributed by atoms with E-state index in [-0.39, 0.29) is 23.6 Å². The van der Waals surface area contributed by atoms with Gasteiger partial charge in [0.25, 0.3) is 0 Å². The fourth-order valence-electron chi connectivity index (χ4n) is 5.86. The molecular formula is C22H42BN5O3. The quantitative estimate of drug-likeness (QED) is 0.188. The molecule has 0 unspecified atom stereocenters. The summed E-state index contributed by atoms with van der Waals surface area (Å²) in [6, 6.07) is -0.581. The number of hydrogen-bond donors (Lipinski definition) is 4. The zero-order chi connectivity index (χ0) is 23.0. The molecule has 4 rings (SSSR count). The van der Waals surface area contributed by atoms with Gasteiger partial charge in [-0.05, 0) is 62.2 Å². The molecule has 2 bridgehead atoms. The van der Waals surface area contributed by atoms with Crippen molar-refractivity contribution >= 4 is 19.0 Å². The molecule has 0 spiro atoms. The second-order valence-electron chi connectivity index (χ2n) is 10.9. The number of carbonyl (C=O) groups excluding carboxylic acids is 1. The van der Waals surface area contributed by atoms with Crippen LogP contribution in [-0.4, -0.2) is 56.3 Å². The monoisotopic (exact) mass is 435 g/mol. The van der Waals surface area contributed by atoms with Crippen LogP contribution < -0.4 is 22.1 Å². The summed E-state index contributed by atoms with van der Waals surface area (Å²) < 4.78 is 13.0. The summed E-state index contributed by atoms with van der Waals surface area (Å²) >= 11 is 0. The third-order valence-corrected chi connectivity index (χ3v) is 7.93. The fraction of sp³-hybridized carbons (Fsp3) is 0.909. The summed E-state index contributed by atoms with van der Waals surface area (Å²) in [5.41, 5.74) is 11.8. The van der Waals surface area contributed by atoms with Crippen molar-refractivity contribution < 1.29 is 14.1 Å². The second kappa shape index (κ2) is 9.28. The molecule has 6 N–H and O–H groups in total. The third kappa shape index (κ3) is 4.88. The molecule has 4 aliphatic rings. The normalized spacial score (nSPS) is 33.5. The molecule has 1 saturated heterocycles. The number of carbonyl (C=O) groups is 1. The predicted molar refractivity (Wildman–Crippen MR) is 124 cm³/mol. The molecule has 4 fully saturated rings. The smallest absolute Gasteiger partial charge is 0.404 e. The Kier molecular flexibility index (Phi) is 7.28. The molecule has 9 heteroatoms. The van der Waals surface area contributed by atoms with Gasteiger partial charge in [0.1, 0.15) is 0 Å². The van der Waals surface area contributed by atoms with E-state index in [2.05, 4.69) is 50.2 Å². The fourth-order valence-corrected chi connectivity index (χ4v) is 5.86. The van der Waals surface area contributed by atoms with E-state index < -0.39 is 13.2 Å². The summed E-state index contributed by atoms with van der Waals surface area (Å²) in [4.78, 5) is 16.7. The second-order valence-corrected chi connectivity index (χ2v) is 10.9. The van der Waals surface area contributed by atoms with E-state index in [1.165, 1.54) is 6.42 Å². The molecule has 1 heterocycles. The Balaban J connectivity index is 1.58. The zero-order valence-electron chi connectivity index (χ0n) is 20.1. The lowest BCUT2D eigenvalue weighted by Gasteiger charge is -2.64. The highest BCUT2D eigenvalue weighted by molar-refractivity contribution is 6.47. The molecular weight excluding hydrogens is 393 g/mol. The van der Waals surface area contributed by atoms with E-state index in [4.69, 9.17) is 20.8 Å². The van der Waals surface area contributed by atoms with Gasteiger partial charge in [-0.3, -0.25) is 9.79 Å². The number of amides is 1. The van der Waals surface area contributed by atoms with Crippen molar-refractivity contribution in [2.24, 2.45) is 39.6 Å². The van der Waals surface area contributed by atoms with Crippen LogP contribution in [0.1, 0.15) is 66.7 Å². The van der Waals surface area contributed by atoms with Crippen LogP contribution in [0.4, 0.5) is 0 Å². The molecule has 176 valence electrons. The van der Waals surface area contributed by atoms with Crippen LogP contribution >= 0.6 is 0 Å². The van der Waals surface area contributed by atoms with Crippen molar-refractivity contribution in [3.05, 3.63) is 0 Å². The van der Waals surface area contributed by atoms with Gasteiger partial charge < -0.3 is 31.4 Å². The topological polar surface area (TPSA) is 124 Å². The Labute approximate surface area is 187 Å². The molecule has 3 aliphatic carbocycles. The highest BCUT2D eigenvalue weighted by Crippen LogP contribution is 2.65. The Morgan fingerprint density at radius 1 is 1.29 bits per heavy atom. The number of guanidine groups is 1. The molecule has 3 saturated carbocycles. The summed E-state index contributed by atoms with van der Waals surface area (Å²) in [5.74, 6) is 1.63. The van der Waals surface area contributed by atoms with Gasteiger partial charge >= 0.3 is 7.12 Å². The number of rotatable bonds is 9. The summed E-state index contributed by atoms with van der Waals surface area (Å²) in [6.07, 6.45) is 4.43. The molecule has 31 heavy (non-hydrogen) atoms. The van der Waals surface area contributed by atoms with Crippen LogP contribution in [0.2, 0.25) is 0 Å². The summed E-state index contributed by atoms with van der Waals surface area (Å²) in [7, 11) is 1.20. The molecule has 1 aliphatic heterocycles. The number of nitrogens with two attached hydrogens (primary N) is 2. The Morgan fingerprint density at radius 3 is 2.61 bits per heavy atom. The number of nitrogens with one attached hydrogen (secondary N) is 2. The summed E-state index contributed by atoms with van der Waals surface area (Å²) in [6.45, 7) is 11.8. The number of hydrogen-bond acceptors (Lipinski definition) is 5. The van der Waals surface area contributed by atoms with Gasteiger partial charge in [0.2, 0.25) is 5.91 Å². The van der Waals surface area contributed by atoms with E-state index in [1.54, 1.807) is 7.05 Å². The van der Waals surface area contributed by atoms with Crippen molar-refractivity contribution in [1.29, 1.82) is 0 Å². The first kappa shape index (κ1) is 24.3. The van der Waals surface area contributed by atoms with Gasteiger partial charge in [-0.1, -0.05) is 27.7 Å². The maximum absolute atomic E-state index is 12.8. The number of aliphatic imine (C=N–C) groups is 1. The van der Waals surface area contributed by atoms with Gasteiger partial charge in [-0.2, -0.15) is 0 Å². The molecule has 8 nitrogen and oxygen atoms in total. The van der Waals surface area contributed by atoms with E-state index in [9.17, 15) is 4.79 Å². The molecule has 0 radical (unpaired) electrons. The molecule has 1 amide bonds. The van der Waals surface area contributed by atoms with E-state index in [1.807, 2.05) is 0 Å². The van der Waals surface area contributed by atoms with E-state index >= 15 is 0 Å². The summed E-state index contributed by atoms with van der Waals surface area (Å²) in [5, 5.41) is 6.13. The Bertz CT molecular complexity index is 688. The van der Waals surface area contributed by atoms with Crippen molar-refractivity contribution in [1.82, 2.24) is 10.6 Å². The van der Waals surface area contributed by atoms with Gasteiger partial charge in [0, 0.05) is 13.6 Å². The van der Waals surface area contributed by atoms with Crippen molar-refractivity contribution in [3.8, 4) is 0 Å². The van der Waals surface area contributed by atoms with Gasteiger partial charge in [0.15, 0.2) is 5.96 Å². The average Bonchev–Trinajstić information content (AvgIpc) is 3.06. The van der Waals surface area contributed by atoms with Crippen LogP contribution in [-0.2, 0) is 14.1 Å². The minimum absolute atomic E-state index is 0.103. The van der Waals surface area contributed by atoms with E-state index in [0.717, 1.165) is 19.3 Å². The lowest BCUT2D eigenvalue weighted by Crippen LogP contribution is -2.65. The SMILES string of the molecule is CN=C(N)NCCC[C@H](N)C(=O)N[C@@H](CC(C)C)B1O[C@@H]2C[C@@H]3C[C@@H](C3(C)C)[C@]2(C)O1. The van der Waals surface area contributed by atoms with Crippen LogP contribution in [0.25, 0.3) is 0 Å². The minimum Gasteiger partial charge on any atom is -0.404 e. The third-order valence-electron chi connectivity index (χ3n) is 7.93. The molecule has 0 aromatic heterocycles. The van der Waals surface area contributed by atoms with Gasteiger partial charge in [0.05, 0.1) is 23.7 Å². The molecule has 0 aromatic rings. The maximum atomic E-state index is 12.8. The first-order chi connectivity index (χ1) is 14.5. The highest BCUT2D eigenvalue weighted by Gasteiger charge is 2.68. The molecule has 6 atom stereocenters. The van der Waals surface area contributed by atoms with Crippen LogP contribution in [0.15, 0.2) is 4.99 Å². The lowest BCUT2D eigenvalue weighted by atomic mass is 9.43. The first-order valence-corrected chi connectivity index (χ1v) is 11.8. The average molecular weight is 435 g/mol. The lowest BCUT2D eigenvalue weighted by molar-refractivity contribution is -0.199.